The fourth-order valence-electron chi connectivity index (χ4n) is 2.74. The van der Waals surface area contributed by atoms with Crippen molar-refractivity contribution in [3.8, 4) is 5.75 Å². The summed E-state index contributed by atoms with van der Waals surface area (Å²) in [6, 6.07) is 17.5. The van der Waals surface area contributed by atoms with Gasteiger partial charge in [-0.3, -0.25) is 14.9 Å². The third-order valence-corrected chi connectivity index (χ3v) is 4.15. The number of anilines is 1. The van der Waals surface area contributed by atoms with Gasteiger partial charge >= 0.3 is 0 Å². The van der Waals surface area contributed by atoms with Gasteiger partial charge in [-0.1, -0.05) is 24.3 Å². The number of halogens is 1. The molecule has 3 rings (SSSR count). The number of hydrogen-bond donors (Lipinski definition) is 1. The van der Waals surface area contributed by atoms with Gasteiger partial charge in [0.2, 0.25) is 0 Å². The number of non-ortho nitro benzene ring substituents is 1. The largest absolute Gasteiger partial charge is 0.494 e. The van der Waals surface area contributed by atoms with Crippen molar-refractivity contribution in [2.75, 3.05) is 12.4 Å². The SMILES string of the molecule is COc1ccc(NC(=O)c2cccc(Cc3ccc([N+](=O)[O-])cc3)c2)cc1F. The molecule has 0 bridgehead atoms. The zero-order valence-electron chi connectivity index (χ0n) is 15.0. The van der Waals surface area contributed by atoms with Crippen LogP contribution in [0.1, 0.15) is 21.5 Å². The highest BCUT2D eigenvalue weighted by Gasteiger charge is 2.10. The number of amides is 1. The molecule has 0 aromatic heterocycles. The minimum absolute atomic E-state index is 0.0311. The van der Waals surface area contributed by atoms with Crippen LogP contribution >= 0.6 is 0 Å². The summed E-state index contributed by atoms with van der Waals surface area (Å²) in [7, 11) is 1.37. The van der Waals surface area contributed by atoms with Crippen LogP contribution in [0.25, 0.3) is 0 Å². The van der Waals surface area contributed by atoms with Crippen molar-refractivity contribution < 1.29 is 18.8 Å². The van der Waals surface area contributed by atoms with E-state index in [1.54, 1.807) is 36.4 Å². The van der Waals surface area contributed by atoms with E-state index in [9.17, 15) is 19.3 Å². The summed E-state index contributed by atoms with van der Waals surface area (Å²) in [5.41, 5.74) is 2.55. The van der Waals surface area contributed by atoms with E-state index in [1.807, 2.05) is 6.07 Å². The van der Waals surface area contributed by atoms with Crippen LogP contribution in [0, 0.1) is 15.9 Å². The third kappa shape index (κ3) is 4.50. The maximum atomic E-state index is 13.8. The quantitative estimate of drug-likeness (QED) is 0.501. The molecule has 3 aromatic rings. The first-order chi connectivity index (χ1) is 13.5. The Hall–Kier alpha value is -3.74. The number of carbonyl (C=O) groups is 1. The number of rotatable bonds is 6. The predicted octanol–water partition coefficient (Wildman–Crippen LogP) is 4.59. The van der Waals surface area contributed by atoms with Crippen LogP contribution in [0.5, 0.6) is 5.75 Å². The molecule has 3 aromatic carbocycles. The number of methoxy groups -OCH3 is 1. The lowest BCUT2D eigenvalue weighted by Gasteiger charge is -2.09. The molecule has 6 nitrogen and oxygen atoms in total. The summed E-state index contributed by atoms with van der Waals surface area (Å²) in [6.07, 6.45) is 0.524. The first-order valence-electron chi connectivity index (χ1n) is 8.43. The van der Waals surface area contributed by atoms with Crippen LogP contribution in [0.4, 0.5) is 15.8 Å². The Morgan fingerprint density at radius 1 is 1.07 bits per heavy atom. The zero-order chi connectivity index (χ0) is 20.1. The lowest BCUT2D eigenvalue weighted by molar-refractivity contribution is -0.384. The van der Waals surface area contributed by atoms with E-state index in [2.05, 4.69) is 5.32 Å². The maximum absolute atomic E-state index is 13.8. The molecule has 0 unspecified atom stereocenters. The van der Waals surface area contributed by atoms with Gasteiger partial charge < -0.3 is 10.1 Å². The summed E-state index contributed by atoms with van der Waals surface area (Å²) in [5, 5.41) is 13.4. The zero-order valence-corrected chi connectivity index (χ0v) is 15.0. The molecule has 0 aliphatic heterocycles. The van der Waals surface area contributed by atoms with Crippen LogP contribution < -0.4 is 10.1 Å². The molecular formula is C21H17FN2O4. The smallest absolute Gasteiger partial charge is 0.269 e. The van der Waals surface area contributed by atoms with Gasteiger partial charge in [0.25, 0.3) is 11.6 Å². The van der Waals surface area contributed by atoms with Gasteiger partial charge in [-0.25, -0.2) is 4.39 Å². The molecule has 7 heteroatoms. The van der Waals surface area contributed by atoms with Crippen molar-refractivity contribution in [1.29, 1.82) is 0 Å². The Morgan fingerprint density at radius 2 is 1.82 bits per heavy atom. The van der Waals surface area contributed by atoms with Gasteiger partial charge in [0.05, 0.1) is 12.0 Å². The highest BCUT2D eigenvalue weighted by Crippen LogP contribution is 2.21. The second kappa shape index (κ2) is 8.30. The Morgan fingerprint density at radius 3 is 2.46 bits per heavy atom. The highest BCUT2D eigenvalue weighted by molar-refractivity contribution is 6.04. The van der Waals surface area contributed by atoms with Crippen molar-refractivity contribution in [2.24, 2.45) is 0 Å². The number of benzene rings is 3. The first kappa shape index (κ1) is 19.0. The second-order valence-electron chi connectivity index (χ2n) is 6.10. The van der Waals surface area contributed by atoms with Crippen LogP contribution in [0.3, 0.4) is 0 Å². The van der Waals surface area contributed by atoms with Crippen LogP contribution in [-0.4, -0.2) is 17.9 Å². The molecule has 28 heavy (non-hydrogen) atoms. The van der Waals surface area contributed by atoms with Crippen LogP contribution in [0.2, 0.25) is 0 Å². The standard InChI is InChI=1S/C21H17FN2O4/c1-28-20-10-7-17(13-19(20)22)23-21(25)16-4-2-3-15(12-16)11-14-5-8-18(9-6-14)24(26)27/h2-10,12-13H,11H2,1H3,(H,23,25). The molecule has 0 saturated carbocycles. The molecule has 0 aliphatic rings. The molecule has 0 spiro atoms. The number of nitrogens with zero attached hydrogens (tertiary/aromatic N) is 1. The molecular weight excluding hydrogens is 363 g/mol. The number of ether oxygens (including phenoxy) is 1. The van der Waals surface area contributed by atoms with Crippen LogP contribution in [0.15, 0.2) is 66.7 Å². The summed E-state index contributed by atoms with van der Waals surface area (Å²) < 4.78 is 18.6. The summed E-state index contributed by atoms with van der Waals surface area (Å²) in [4.78, 5) is 22.7. The second-order valence-corrected chi connectivity index (χ2v) is 6.10. The Labute approximate surface area is 160 Å². The number of carbonyl (C=O) groups excluding carboxylic acids is 1. The summed E-state index contributed by atoms with van der Waals surface area (Å²) in [5.74, 6) is -0.828. The first-order valence-corrected chi connectivity index (χ1v) is 8.43. The summed E-state index contributed by atoms with van der Waals surface area (Å²) >= 11 is 0. The molecule has 0 fully saturated rings. The van der Waals surface area contributed by atoms with Gasteiger partial charge in [-0.2, -0.15) is 0 Å². The van der Waals surface area contributed by atoms with E-state index in [0.29, 0.717) is 17.7 Å². The van der Waals surface area contributed by atoms with Gasteiger partial charge in [-0.05, 0) is 41.8 Å². The Balaban J connectivity index is 1.72. The minimum atomic E-state index is -0.563. The van der Waals surface area contributed by atoms with Crippen molar-refractivity contribution in [3.05, 3.63) is 99.4 Å². The Kier molecular flexibility index (Phi) is 5.64. The minimum Gasteiger partial charge on any atom is -0.494 e. The number of hydrogen-bond acceptors (Lipinski definition) is 4. The van der Waals surface area contributed by atoms with Crippen molar-refractivity contribution in [2.45, 2.75) is 6.42 Å². The average molecular weight is 380 g/mol. The predicted molar refractivity (Wildman–Crippen MR) is 103 cm³/mol. The maximum Gasteiger partial charge on any atom is 0.269 e. The number of nitrogens with one attached hydrogen (secondary N) is 1. The van der Waals surface area contributed by atoms with Crippen molar-refractivity contribution in [3.63, 3.8) is 0 Å². The van der Waals surface area contributed by atoms with Gasteiger partial charge in [-0.15, -0.1) is 0 Å². The molecule has 0 aliphatic carbocycles. The van der Waals surface area contributed by atoms with Crippen molar-refractivity contribution >= 4 is 17.3 Å². The normalized spacial score (nSPS) is 10.4. The van der Waals surface area contributed by atoms with Gasteiger partial charge in [0, 0.05) is 29.4 Å². The van der Waals surface area contributed by atoms with Gasteiger partial charge in [0.15, 0.2) is 11.6 Å². The fraction of sp³-hybridized carbons (Fsp3) is 0.0952. The molecule has 0 saturated heterocycles. The molecule has 0 radical (unpaired) electrons. The van der Waals surface area contributed by atoms with E-state index < -0.39 is 10.7 Å². The van der Waals surface area contributed by atoms with Crippen LogP contribution in [-0.2, 0) is 6.42 Å². The average Bonchev–Trinajstić information content (AvgIpc) is 2.69. The van der Waals surface area contributed by atoms with E-state index >= 15 is 0 Å². The molecule has 1 N–H and O–H groups in total. The van der Waals surface area contributed by atoms with E-state index in [1.165, 1.54) is 31.4 Å². The number of nitro groups is 1. The lowest BCUT2D eigenvalue weighted by Crippen LogP contribution is -2.12. The molecule has 0 heterocycles. The van der Waals surface area contributed by atoms with Gasteiger partial charge in [0.1, 0.15) is 0 Å². The van der Waals surface area contributed by atoms with E-state index in [4.69, 9.17) is 4.74 Å². The highest BCUT2D eigenvalue weighted by atomic mass is 19.1. The third-order valence-electron chi connectivity index (χ3n) is 4.15. The fourth-order valence-corrected chi connectivity index (χ4v) is 2.74. The lowest BCUT2D eigenvalue weighted by atomic mass is 10.0. The Bertz CT molecular complexity index is 1020. The van der Waals surface area contributed by atoms with Crippen molar-refractivity contribution in [1.82, 2.24) is 0 Å². The molecule has 142 valence electrons. The van der Waals surface area contributed by atoms with E-state index in [-0.39, 0.29) is 17.3 Å². The molecule has 1 amide bonds. The topological polar surface area (TPSA) is 81.5 Å². The monoisotopic (exact) mass is 380 g/mol. The summed E-state index contributed by atoms with van der Waals surface area (Å²) in [6.45, 7) is 0. The number of nitro benzene ring substituents is 1. The van der Waals surface area contributed by atoms with E-state index in [0.717, 1.165) is 11.1 Å². The molecule has 0 atom stereocenters.